The lowest BCUT2D eigenvalue weighted by atomic mass is 9.95. The number of ketones is 1. The minimum atomic E-state index is -0.866. The van der Waals surface area contributed by atoms with Crippen molar-refractivity contribution in [2.75, 3.05) is 21.3 Å². The summed E-state index contributed by atoms with van der Waals surface area (Å²) in [5, 5.41) is 13.4. The molecule has 1 aliphatic rings. The minimum absolute atomic E-state index is 0.0898. The average molecular weight is 397 g/mol. The van der Waals surface area contributed by atoms with Crippen LogP contribution in [-0.4, -0.2) is 44.1 Å². The maximum absolute atomic E-state index is 12.4. The Morgan fingerprint density at radius 3 is 2.14 bits per heavy atom. The molecule has 1 fully saturated rings. The van der Waals surface area contributed by atoms with Gasteiger partial charge in [-0.15, -0.1) is 0 Å². The number of aliphatic hydroxyl groups is 1. The van der Waals surface area contributed by atoms with Crippen molar-refractivity contribution in [2.45, 2.75) is 6.04 Å². The molecule has 0 unspecified atom stereocenters. The first-order valence-corrected chi connectivity index (χ1v) is 8.60. The van der Waals surface area contributed by atoms with E-state index in [1.807, 2.05) is 0 Å². The Morgan fingerprint density at radius 2 is 1.55 bits per heavy atom. The average Bonchev–Trinajstić information content (AvgIpc) is 3.06. The van der Waals surface area contributed by atoms with Crippen molar-refractivity contribution in [3.05, 3.63) is 64.7 Å². The second-order valence-electron chi connectivity index (χ2n) is 6.18. The van der Waals surface area contributed by atoms with E-state index in [-0.39, 0.29) is 11.3 Å². The summed E-state index contributed by atoms with van der Waals surface area (Å²) in [7, 11) is 4.20. The highest BCUT2D eigenvalue weighted by Crippen LogP contribution is 2.36. The van der Waals surface area contributed by atoms with Crippen LogP contribution in [0.25, 0.3) is 5.76 Å². The second kappa shape index (κ2) is 8.05. The molecule has 0 bridgehead atoms. The van der Waals surface area contributed by atoms with E-state index in [2.05, 4.69) is 10.1 Å². The van der Waals surface area contributed by atoms with Gasteiger partial charge in [0.25, 0.3) is 11.7 Å². The molecule has 8 heteroatoms. The normalized spacial score (nSPS) is 17.6. The Hall–Kier alpha value is -3.81. The minimum Gasteiger partial charge on any atom is -0.507 e. The van der Waals surface area contributed by atoms with Crippen LogP contribution in [-0.2, 0) is 14.3 Å². The van der Waals surface area contributed by atoms with E-state index in [9.17, 15) is 19.5 Å². The maximum Gasteiger partial charge on any atom is 0.337 e. The fourth-order valence-corrected chi connectivity index (χ4v) is 3.09. The fraction of sp³-hybridized carbons (Fsp3) is 0.190. The van der Waals surface area contributed by atoms with Crippen molar-refractivity contribution >= 4 is 23.4 Å². The monoisotopic (exact) mass is 397 g/mol. The van der Waals surface area contributed by atoms with Crippen LogP contribution in [0.1, 0.15) is 27.5 Å². The SMILES string of the molecule is COC(=O)c1ccc([C@@H]2NC(=O)C(=O)C2=C(O)c2ccc(OC)c(OC)c2)cc1. The third-order valence-corrected chi connectivity index (χ3v) is 4.59. The molecule has 29 heavy (non-hydrogen) atoms. The topological polar surface area (TPSA) is 111 Å². The molecular weight excluding hydrogens is 378 g/mol. The Bertz CT molecular complexity index is 1010. The number of hydrogen-bond donors (Lipinski definition) is 2. The van der Waals surface area contributed by atoms with Gasteiger partial charge in [0.2, 0.25) is 0 Å². The number of ether oxygens (including phenoxy) is 3. The van der Waals surface area contributed by atoms with E-state index in [1.54, 1.807) is 24.3 Å². The highest BCUT2D eigenvalue weighted by Gasteiger charge is 2.39. The zero-order valence-corrected chi connectivity index (χ0v) is 16.0. The molecule has 1 amide bonds. The first-order chi connectivity index (χ1) is 13.9. The summed E-state index contributed by atoms with van der Waals surface area (Å²) in [6, 6.07) is 9.97. The number of methoxy groups -OCH3 is 3. The summed E-state index contributed by atoms with van der Waals surface area (Å²) < 4.78 is 15.1. The van der Waals surface area contributed by atoms with E-state index in [4.69, 9.17) is 9.47 Å². The van der Waals surface area contributed by atoms with Crippen LogP contribution in [0, 0.1) is 0 Å². The molecule has 0 spiro atoms. The van der Waals surface area contributed by atoms with E-state index in [0.717, 1.165) is 0 Å². The van der Waals surface area contributed by atoms with Crippen LogP contribution in [0.5, 0.6) is 11.5 Å². The highest BCUT2D eigenvalue weighted by atomic mass is 16.5. The molecule has 150 valence electrons. The molecule has 2 aromatic carbocycles. The predicted molar refractivity (Wildman–Crippen MR) is 103 cm³/mol. The lowest BCUT2D eigenvalue weighted by molar-refractivity contribution is -0.133. The van der Waals surface area contributed by atoms with Gasteiger partial charge >= 0.3 is 5.97 Å². The highest BCUT2D eigenvalue weighted by molar-refractivity contribution is 6.46. The van der Waals surface area contributed by atoms with Gasteiger partial charge in [-0.05, 0) is 35.9 Å². The second-order valence-corrected chi connectivity index (χ2v) is 6.18. The van der Waals surface area contributed by atoms with Crippen LogP contribution in [0.2, 0.25) is 0 Å². The summed E-state index contributed by atoms with van der Waals surface area (Å²) in [4.78, 5) is 36.1. The number of rotatable bonds is 5. The predicted octanol–water partition coefficient (Wildman–Crippen LogP) is 2.20. The van der Waals surface area contributed by atoms with Gasteiger partial charge in [0.1, 0.15) is 5.76 Å². The number of amides is 1. The van der Waals surface area contributed by atoms with Crippen molar-refractivity contribution in [2.24, 2.45) is 0 Å². The Kier molecular flexibility index (Phi) is 5.54. The number of carbonyl (C=O) groups excluding carboxylic acids is 3. The lowest BCUT2D eigenvalue weighted by Crippen LogP contribution is -2.21. The molecule has 3 rings (SSSR count). The van der Waals surface area contributed by atoms with Crippen molar-refractivity contribution in [1.82, 2.24) is 5.32 Å². The summed E-state index contributed by atoms with van der Waals surface area (Å²) in [6.07, 6.45) is 0. The molecule has 1 heterocycles. The lowest BCUT2D eigenvalue weighted by Gasteiger charge is -2.15. The quantitative estimate of drug-likeness (QED) is 0.344. The molecule has 0 radical (unpaired) electrons. The summed E-state index contributed by atoms with van der Waals surface area (Å²) in [5.74, 6) is -1.70. The van der Waals surface area contributed by atoms with E-state index in [1.165, 1.54) is 39.5 Å². The molecule has 2 aromatic rings. The molecule has 2 N–H and O–H groups in total. The van der Waals surface area contributed by atoms with Crippen molar-refractivity contribution in [3.63, 3.8) is 0 Å². The van der Waals surface area contributed by atoms with Gasteiger partial charge in [0.05, 0.1) is 38.5 Å². The van der Waals surface area contributed by atoms with Crippen molar-refractivity contribution < 1.29 is 33.7 Å². The van der Waals surface area contributed by atoms with Gasteiger partial charge in [-0.25, -0.2) is 4.79 Å². The van der Waals surface area contributed by atoms with Crippen molar-refractivity contribution in [3.8, 4) is 11.5 Å². The molecule has 1 saturated heterocycles. The number of nitrogens with one attached hydrogen (secondary N) is 1. The van der Waals surface area contributed by atoms with Crippen LogP contribution in [0.3, 0.4) is 0 Å². The molecule has 0 aromatic heterocycles. The number of hydrogen-bond acceptors (Lipinski definition) is 7. The molecule has 1 atom stereocenters. The van der Waals surface area contributed by atoms with E-state index in [0.29, 0.717) is 28.2 Å². The molecule has 0 aliphatic carbocycles. The zero-order valence-electron chi connectivity index (χ0n) is 16.0. The van der Waals surface area contributed by atoms with E-state index >= 15 is 0 Å². The van der Waals surface area contributed by atoms with Crippen LogP contribution >= 0.6 is 0 Å². The summed E-state index contributed by atoms with van der Waals surface area (Å²) in [5.41, 5.74) is 1.05. The first-order valence-electron chi connectivity index (χ1n) is 8.60. The largest absolute Gasteiger partial charge is 0.507 e. The Labute approximate surface area is 166 Å². The fourth-order valence-electron chi connectivity index (χ4n) is 3.09. The van der Waals surface area contributed by atoms with Crippen LogP contribution < -0.4 is 14.8 Å². The number of benzene rings is 2. The standard InChI is InChI=1S/C21H19NO7/c1-27-14-9-8-13(10-15(14)28-2)18(23)16-17(22-20(25)19(16)24)11-4-6-12(7-5-11)21(26)29-3/h4-10,17,23H,1-3H3,(H,22,25)/t17-/m0/s1. The van der Waals surface area contributed by atoms with Gasteiger partial charge in [-0.1, -0.05) is 12.1 Å². The summed E-state index contributed by atoms with van der Waals surface area (Å²) >= 11 is 0. The number of carbonyl (C=O) groups is 3. The zero-order chi connectivity index (χ0) is 21.1. The van der Waals surface area contributed by atoms with Gasteiger partial charge in [0, 0.05) is 5.56 Å². The van der Waals surface area contributed by atoms with Gasteiger partial charge in [-0.2, -0.15) is 0 Å². The summed E-state index contributed by atoms with van der Waals surface area (Å²) in [6.45, 7) is 0. The van der Waals surface area contributed by atoms with Gasteiger partial charge in [-0.3, -0.25) is 9.59 Å². The number of aliphatic hydroxyl groups excluding tert-OH is 1. The molecule has 8 nitrogen and oxygen atoms in total. The third kappa shape index (κ3) is 3.64. The third-order valence-electron chi connectivity index (χ3n) is 4.59. The van der Waals surface area contributed by atoms with E-state index < -0.39 is 23.7 Å². The van der Waals surface area contributed by atoms with Gasteiger partial charge < -0.3 is 24.6 Å². The number of esters is 1. The first kappa shape index (κ1) is 19.9. The van der Waals surface area contributed by atoms with Crippen molar-refractivity contribution in [1.29, 1.82) is 0 Å². The van der Waals surface area contributed by atoms with Gasteiger partial charge in [0.15, 0.2) is 11.5 Å². The Morgan fingerprint density at radius 1 is 0.931 bits per heavy atom. The van der Waals surface area contributed by atoms with Crippen LogP contribution in [0.4, 0.5) is 0 Å². The Balaban J connectivity index is 2.06. The maximum atomic E-state index is 12.4. The molecular formula is C21H19NO7. The number of Topliss-reactive ketones (excluding diaryl/α,β-unsaturated/α-hetero) is 1. The van der Waals surface area contributed by atoms with Crippen LogP contribution in [0.15, 0.2) is 48.0 Å². The molecule has 1 aliphatic heterocycles. The molecule has 0 saturated carbocycles. The smallest absolute Gasteiger partial charge is 0.337 e.